The average Bonchev–Trinajstić information content (AvgIpc) is 3.08. The molecule has 1 fully saturated rings. The van der Waals surface area contributed by atoms with Crippen molar-refractivity contribution in [3.8, 4) is 6.07 Å². The Hall–Kier alpha value is -2.53. The minimum absolute atomic E-state index is 0.0733. The molecule has 1 aromatic carbocycles. The van der Waals surface area contributed by atoms with Crippen LogP contribution in [0.4, 0.5) is 14.5 Å². The maximum atomic E-state index is 14.0. The van der Waals surface area contributed by atoms with Gasteiger partial charge in [-0.2, -0.15) is 5.26 Å². The lowest BCUT2D eigenvalue weighted by Gasteiger charge is -2.24. The third-order valence-corrected chi connectivity index (χ3v) is 3.72. The predicted molar refractivity (Wildman–Crippen MR) is 72.9 cm³/mol. The molecular formula is C14H13F2N5O. The van der Waals surface area contributed by atoms with E-state index in [0.29, 0.717) is 13.0 Å². The minimum atomic E-state index is -1.14. The largest absolute Gasteiger partial charge is 0.386 e. The number of hydrogen-bond donors (Lipinski definition) is 1. The second-order valence-corrected chi connectivity index (χ2v) is 5.40. The van der Waals surface area contributed by atoms with Crippen molar-refractivity contribution in [1.82, 2.24) is 15.0 Å². The van der Waals surface area contributed by atoms with Crippen LogP contribution in [0.1, 0.15) is 12.0 Å². The van der Waals surface area contributed by atoms with Gasteiger partial charge in [-0.1, -0.05) is 5.21 Å². The van der Waals surface area contributed by atoms with Crippen molar-refractivity contribution < 1.29 is 13.9 Å². The quantitative estimate of drug-likeness (QED) is 0.918. The van der Waals surface area contributed by atoms with Gasteiger partial charge in [-0.3, -0.25) is 0 Å². The molecule has 1 aliphatic heterocycles. The summed E-state index contributed by atoms with van der Waals surface area (Å²) in [4.78, 5) is 1.45. The molecule has 0 saturated carbocycles. The number of hydrogen-bond acceptors (Lipinski definition) is 5. The Labute approximate surface area is 125 Å². The summed E-state index contributed by atoms with van der Waals surface area (Å²) in [6.45, 7) is 0.584. The van der Waals surface area contributed by atoms with E-state index in [-0.39, 0.29) is 24.3 Å². The third kappa shape index (κ3) is 2.63. The summed E-state index contributed by atoms with van der Waals surface area (Å²) in [6.07, 6.45) is 3.46. The molecule has 0 spiro atoms. The zero-order valence-electron chi connectivity index (χ0n) is 11.6. The average molecular weight is 305 g/mol. The molecule has 1 aromatic heterocycles. The maximum absolute atomic E-state index is 14.0. The van der Waals surface area contributed by atoms with Crippen LogP contribution in [-0.4, -0.2) is 38.8 Å². The second-order valence-electron chi connectivity index (χ2n) is 5.40. The number of nitriles is 1. The summed E-state index contributed by atoms with van der Waals surface area (Å²) < 4.78 is 29.6. The van der Waals surface area contributed by atoms with Gasteiger partial charge in [0.05, 0.1) is 24.4 Å². The fraction of sp³-hybridized carbons (Fsp3) is 0.357. The minimum Gasteiger partial charge on any atom is -0.386 e. The Morgan fingerprint density at radius 1 is 1.36 bits per heavy atom. The highest BCUT2D eigenvalue weighted by Gasteiger charge is 2.38. The fourth-order valence-electron chi connectivity index (χ4n) is 2.73. The van der Waals surface area contributed by atoms with E-state index in [1.165, 1.54) is 15.8 Å². The maximum Gasteiger partial charge on any atom is 0.150 e. The van der Waals surface area contributed by atoms with Crippen LogP contribution in [0.3, 0.4) is 0 Å². The van der Waals surface area contributed by atoms with E-state index in [2.05, 4.69) is 10.3 Å². The van der Waals surface area contributed by atoms with Gasteiger partial charge < -0.3 is 10.0 Å². The lowest BCUT2D eigenvalue weighted by atomic mass is 10.0. The van der Waals surface area contributed by atoms with Crippen molar-refractivity contribution in [2.75, 3.05) is 18.0 Å². The Morgan fingerprint density at radius 2 is 2.09 bits per heavy atom. The molecule has 22 heavy (non-hydrogen) atoms. The highest BCUT2D eigenvalue weighted by Crippen LogP contribution is 2.32. The molecule has 0 amide bonds. The van der Waals surface area contributed by atoms with Crippen LogP contribution in [0.5, 0.6) is 0 Å². The molecule has 114 valence electrons. The summed E-state index contributed by atoms with van der Waals surface area (Å²) in [6, 6.07) is 3.69. The molecule has 1 N–H and O–H groups in total. The molecule has 1 atom stereocenters. The number of aromatic nitrogens is 3. The van der Waals surface area contributed by atoms with E-state index in [1.807, 2.05) is 0 Å². The number of nitrogens with zero attached hydrogens (tertiary/aromatic N) is 5. The molecule has 3 rings (SSSR count). The lowest BCUT2D eigenvalue weighted by molar-refractivity contribution is 0.0408. The number of β-amino-alcohol motifs (C(OH)–C–C–N with tert-alkyl or cyclic N) is 1. The monoisotopic (exact) mass is 305 g/mol. The Morgan fingerprint density at radius 3 is 2.68 bits per heavy atom. The lowest BCUT2D eigenvalue weighted by Crippen LogP contribution is -2.38. The number of rotatable bonds is 3. The van der Waals surface area contributed by atoms with Gasteiger partial charge in [-0.15, -0.1) is 5.10 Å². The number of anilines is 1. The molecule has 1 aliphatic rings. The fourth-order valence-corrected chi connectivity index (χ4v) is 2.73. The highest BCUT2D eigenvalue weighted by atomic mass is 19.1. The van der Waals surface area contributed by atoms with Gasteiger partial charge in [0.2, 0.25) is 0 Å². The molecular weight excluding hydrogens is 292 g/mol. The smallest absolute Gasteiger partial charge is 0.150 e. The van der Waals surface area contributed by atoms with Gasteiger partial charge in [0.15, 0.2) is 11.6 Å². The normalized spacial score (nSPS) is 21.1. The van der Waals surface area contributed by atoms with Gasteiger partial charge in [-0.05, 0) is 18.6 Å². The van der Waals surface area contributed by atoms with E-state index >= 15 is 0 Å². The van der Waals surface area contributed by atoms with Crippen LogP contribution in [-0.2, 0) is 6.54 Å². The summed E-state index contributed by atoms with van der Waals surface area (Å²) >= 11 is 0. The molecule has 8 heteroatoms. The van der Waals surface area contributed by atoms with E-state index < -0.39 is 17.2 Å². The van der Waals surface area contributed by atoms with Crippen LogP contribution in [0, 0.1) is 23.0 Å². The van der Waals surface area contributed by atoms with E-state index in [0.717, 1.165) is 12.1 Å². The van der Waals surface area contributed by atoms with Gasteiger partial charge >= 0.3 is 0 Å². The first-order chi connectivity index (χ1) is 10.5. The Kier molecular flexibility index (Phi) is 3.50. The SMILES string of the molecule is N#Cc1cc(F)c(N2CCC(O)(Cn3ccnn3)C2)c(F)c1. The molecule has 0 aliphatic carbocycles. The van der Waals surface area contributed by atoms with Crippen molar-refractivity contribution in [3.63, 3.8) is 0 Å². The topological polar surface area (TPSA) is 78.0 Å². The van der Waals surface area contributed by atoms with Crippen molar-refractivity contribution >= 4 is 5.69 Å². The first kappa shape index (κ1) is 14.4. The van der Waals surface area contributed by atoms with Crippen LogP contribution in [0.2, 0.25) is 0 Å². The molecule has 1 saturated heterocycles. The number of halogens is 2. The standard InChI is InChI=1S/C14H13F2N5O/c15-11-5-10(7-17)6-12(16)13(11)20-3-1-14(22,8-20)9-21-4-2-18-19-21/h2,4-6,22H,1,3,8-9H2. The van der Waals surface area contributed by atoms with Crippen molar-refractivity contribution in [2.24, 2.45) is 0 Å². The van der Waals surface area contributed by atoms with Crippen LogP contribution in [0.25, 0.3) is 0 Å². The van der Waals surface area contributed by atoms with Gasteiger partial charge in [0.25, 0.3) is 0 Å². The number of aliphatic hydroxyl groups is 1. The van der Waals surface area contributed by atoms with Crippen molar-refractivity contribution in [3.05, 3.63) is 41.7 Å². The molecule has 2 aromatic rings. The molecule has 1 unspecified atom stereocenters. The molecule has 0 radical (unpaired) electrons. The van der Waals surface area contributed by atoms with Gasteiger partial charge in [-0.25, -0.2) is 13.5 Å². The van der Waals surface area contributed by atoms with Crippen molar-refractivity contribution in [1.29, 1.82) is 5.26 Å². The molecule has 0 bridgehead atoms. The Balaban J connectivity index is 1.82. The zero-order valence-corrected chi connectivity index (χ0v) is 11.6. The van der Waals surface area contributed by atoms with Crippen LogP contribution >= 0.6 is 0 Å². The zero-order chi connectivity index (χ0) is 15.7. The van der Waals surface area contributed by atoms with E-state index in [4.69, 9.17) is 5.26 Å². The van der Waals surface area contributed by atoms with Gasteiger partial charge in [0, 0.05) is 19.3 Å². The van der Waals surface area contributed by atoms with Crippen molar-refractivity contribution in [2.45, 2.75) is 18.6 Å². The van der Waals surface area contributed by atoms with Gasteiger partial charge in [0.1, 0.15) is 11.3 Å². The summed E-state index contributed by atoms with van der Waals surface area (Å²) in [5, 5.41) is 26.7. The molecule has 6 nitrogen and oxygen atoms in total. The molecule has 2 heterocycles. The summed E-state index contributed by atoms with van der Waals surface area (Å²) in [7, 11) is 0. The van der Waals surface area contributed by atoms with E-state index in [9.17, 15) is 13.9 Å². The number of benzene rings is 1. The van der Waals surface area contributed by atoms with E-state index in [1.54, 1.807) is 12.3 Å². The third-order valence-electron chi connectivity index (χ3n) is 3.72. The second kappa shape index (κ2) is 5.35. The first-order valence-electron chi connectivity index (χ1n) is 6.71. The summed E-state index contributed by atoms with van der Waals surface area (Å²) in [5.41, 5.74) is -1.43. The Bertz CT molecular complexity index is 704. The summed E-state index contributed by atoms with van der Waals surface area (Å²) in [5.74, 6) is -1.61. The first-order valence-corrected chi connectivity index (χ1v) is 6.71. The highest BCUT2D eigenvalue weighted by molar-refractivity contribution is 5.53. The van der Waals surface area contributed by atoms with Crippen LogP contribution < -0.4 is 4.90 Å². The predicted octanol–water partition coefficient (Wildman–Crippen LogP) is 1.07. The van der Waals surface area contributed by atoms with Crippen LogP contribution in [0.15, 0.2) is 24.5 Å².